The van der Waals surface area contributed by atoms with E-state index in [0.717, 1.165) is 11.1 Å². The second kappa shape index (κ2) is 5.84. The average molecular weight is 281 g/mol. The van der Waals surface area contributed by atoms with Crippen molar-refractivity contribution in [3.05, 3.63) is 35.4 Å². The molecule has 1 aliphatic heterocycles. The molecule has 0 bridgehead atoms. The van der Waals surface area contributed by atoms with Crippen molar-refractivity contribution in [1.82, 2.24) is 4.72 Å². The molecule has 1 saturated heterocycles. The van der Waals surface area contributed by atoms with Crippen molar-refractivity contribution in [2.75, 3.05) is 19.5 Å². The van der Waals surface area contributed by atoms with Gasteiger partial charge in [-0.1, -0.05) is 29.8 Å². The summed E-state index contributed by atoms with van der Waals surface area (Å²) in [4.78, 5) is 12.5. The summed E-state index contributed by atoms with van der Waals surface area (Å²) in [5.41, 5.74) is 1.49. The van der Waals surface area contributed by atoms with Crippen molar-refractivity contribution >= 4 is 16.9 Å². The van der Waals surface area contributed by atoms with Crippen LogP contribution in [0, 0.1) is 6.92 Å². The van der Waals surface area contributed by atoms with Crippen molar-refractivity contribution in [1.29, 1.82) is 0 Å². The molecule has 1 aromatic rings. The van der Waals surface area contributed by atoms with E-state index < -0.39 is 16.4 Å². The zero-order valence-corrected chi connectivity index (χ0v) is 12.1. The Labute approximate surface area is 116 Å². The molecule has 1 N–H and O–H groups in total. The minimum atomic E-state index is -1.34. The predicted octanol–water partition coefficient (Wildman–Crippen LogP) is 1.45. The van der Waals surface area contributed by atoms with E-state index in [1.807, 2.05) is 31.2 Å². The van der Waals surface area contributed by atoms with E-state index in [-0.39, 0.29) is 5.91 Å². The number of benzene rings is 1. The molecule has 5 heteroatoms. The lowest BCUT2D eigenvalue weighted by Crippen LogP contribution is -2.48. The van der Waals surface area contributed by atoms with E-state index in [2.05, 4.69) is 4.72 Å². The molecule has 0 aliphatic carbocycles. The minimum Gasteiger partial charge on any atom is -0.381 e. The number of rotatable bonds is 3. The maximum absolute atomic E-state index is 12.5. The van der Waals surface area contributed by atoms with Crippen LogP contribution in [0.2, 0.25) is 0 Å². The summed E-state index contributed by atoms with van der Waals surface area (Å²) in [5.74, 6) is -0.165. The van der Waals surface area contributed by atoms with Gasteiger partial charge in [-0.2, -0.15) is 0 Å². The molecule has 1 heterocycles. The Balaban J connectivity index is 2.39. The van der Waals surface area contributed by atoms with Crippen molar-refractivity contribution in [3.8, 4) is 0 Å². The Bertz CT molecular complexity index is 495. The second-order valence-electron chi connectivity index (χ2n) is 4.95. The molecule has 1 unspecified atom stereocenters. The van der Waals surface area contributed by atoms with Crippen LogP contribution in [0.1, 0.15) is 24.0 Å². The van der Waals surface area contributed by atoms with Crippen LogP contribution in [-0.4, -0.2) is 29.6 Å². The van der Waals surface area contributed by atoms with Crippen molar-refractivity contribution in [2.45, 2.75) is 25.2 Å². The summed E-state index contributed by atoms with van der Waals surface area (Å²) in [7, 11) is -1.34. The third kappa shape index (κ3) is 3.04. The molecule has 4 nitrogen and oxygen atoms in total. The number of ether oxygens (including phenoxy) is 1. The Morgan fingerprint density at radius 3 is 2.63 bits per heavy atom. The van der Waals surface area contributed by atoms with E-state index in [0.29, 0.717) is 26.1 Å². The summed E-state index contributed by atoms with van der Waals surface area (Å²) in [6.45, 7) is 3.11. The predicted molar refractivity (Wildman–Crippen MR) is 75.1 cm³/mol. The average Bonchev–Trinajstić information content (AvgIpc) is 2.38. The van der Waals surface area contributed by atoms with Gasteiger partial charge >= 0.3 is 0 Å². The maximum atomic E-state index is 12.5. The van der Waals surface area contributed by atoms with Gasteiger partial charge in [-0.05, 0) is 25.3 Å². The molecule has 1 aromatic carbocycles. The zero-order valence-electron chi connectivity index (χ0n) is 11.3. The van der Waals surface area contributed by atoms with Crippen LogP contribution in [0.3, 0.4) is 0 Å². The lowest BCUT2D eigenvalue weighted by Gasteiger charge is -2.36. The molecule has 1 atom stereocenters. The van der Waals surface area contributed by atoms with E-state index in [1.54, 1.807) is 0 Å². The first-order valence-electron chi connectivity index (χ1n) is 6.34. The molecular formula is C14H19NO3S. The lowest BCUT2D eigenvalue weighted by molar-refractivity contribution is -0.128. The summed E-state index contributed by atoms with van der Waals surface area (Å²) in [6, 6.07) is 7.96. The lowest BCUT2D eigenvalue weighted by atomic mass is 9.73. The largest absolute Gasteiger partial charge is 0.381 e. The Kier molecular flexibility index (Phi) is 4.37. The molecule has 0 saturated carbocycles. The van der Waals surface area contributed by atoms with Crippen LogP contribution in [-0.2, 0) is 25.9 Å². The number of aryl methyl sites for hydroxylation is 1. The normalized spacial score (nSPS) is 19.7. The highest BCUT2D eigenvalue weighted by atomic mass is 32.2. The number of hydrogen-bond donors (Lipinski definition) is 1. The fourth-order valence-corrected chi connectivity index (χ4v) is 2.99. The first kappa shape index (κ1) is 14.2. The van der Waals surface area contributed by atoms with Crippen molar-refractivity contribution < 1.29 is 13.7 Å². The third-order valence-electron chi connectivity index (χ3n) is 3.59. The molecular weight excluding hydrogens is 262 g/mol. The highest BCUT2D eigenvalue weighted by Crippen LogP contribution is 2.35. The van der Waals surface area contributed by atoms with Gasteiger partial charge in [-0.25, -0.2) is 4.21 Å². The quantitative estimate of drug-likeness (QED) is 0.912. The first-order valence-corrected chi connectivity index (χ1v) is 7.90. The van der Waals surface area contributed by atoms with Crippen LogP contribution < -0.4 is 4.72 Å². The van der Waals surface area contributed by atoms with Crippen LogP contribution in [0.15, 0.2) is 24.3 Å². The van der Waals surface area contributed by atoms with Crippen LogP contribution in [0.25, 0.3) is 0 Å². The molecule has 0 aromatic heterocycles. The number of nitrogens with one attached hydrogen (secondary N) is 1. The molecule has 1 aliphatic rings. The Morgan fingerprint density at radius 2 is 2.05 bits per heavy atom. The Morgan fingerprint density at radius 1 is 1.37 bits per heavy atom. The van der Waals surface area contributed by atoms with Gasteiger partial charge in [0.2, 0.25) is 5.91 Å². The van der Waals surface area contributed by atoms with Crippen LogP contribution in [0.4, 0.5) is 0 Å². The fraction of sp³-hybridized carbons (Fsp3) is 0.500. The maximum Gasteiger partial charge on any atom is 0.242 e. The van der Waals surface area contributed by atoms with Gasteiger partial charge in [-0.15, -0.1) is 0 Å². The van der Waals surface area contributed by atoms with E-state index in [1.165, 1.54) is 6.26 Å². The smallest absolute Gasteiger partial charge is 0.242 e. The topological polar surface area (TPSA) is 55.4 Å². The number of hydrogen-bond acceptors (Lipinski definition) is 3. The van der Waals surface area contributed by atoms with Gasteiger partial charge in [0.25, 0.3) is 0 Å². The van der Waals surface area contributed by atoms with Gasteiger partial charge < -0.3 is 4.74 Å². The van der Waals surface area contributed by atoms with Crippen molar-refractivity contribution in [3.63, 3.8) is 0 Å². The minimum absolute atomic E-state index is 0.165. The summed E-state index contributed by atoms with van der Waals surface area (Å²) < 4.78 is 19.2. The summed E-state index contributed by atoms with van der Waals surface area (Å²) in [5, 5.41) is 0. The van der Waals surface area contributed by atoms with Gasteiger partial charge in [0, 0.05) is 19.5 Å². The molecule has 0 spiro atoms. The standard InChI is InChI=1S/C14H19NO3S/c1-11-4-3-5-12(10-11)14(6-8-18-9-7-14)13(16)15-19(2)17/h3-5,10H,6-9H2,1-2H3,(H,15,16). The highest BCUT2D eigenvalue weighted by molar-refractivity contribution is 7.82. The molecule has 1 amide bonds. The van der Waals surface area contributed by atoms with Gasteiger partial charge in [0.15, 0.2) is 0 Å². The summed E-state index contributed by atoms with van der Waals surface area (Å²) in [6.07, 6.45) is 2.72. The number of carbonyl (C=O) groups excluding carboxylic acids is 1. The van der Waals surface area contributed by atoms with Gasteiger partial charge in [0.05, 0.1) is 5.41 Å². The van der Waals surface area contributed by atoms with Crippen LogP contribution in [0.5, 0.6) is 0 Å². The van der Waals surface area contributed by atoms with Gasteiger partial charge in [0.1, 0.15) is 11.0 Å². The SMILES string of the molecule is Cc1cccc(C2(C(=O)NS(C)=O)CCOCC2)c1. The molecule has 0 radical (unpaired) electrons. The fourth-order valence-electron chi connectivity index (χ4n) is 2.54. The first-order chi connectivity index (χ1) is 9.04. The highest BCUT2D eigenvalue weighted by Gasteiger charge is 2.42. The zero-order chi connectivity index (χ0) is 13.9. The number of carbonyl (C=O) groups is 1. The summed E-state index contributed by atoms with van der Waals surface area (Å²) >= 11 is 0. The van der Waals surface area contributed by atoms with E-state index in [9.17, 15) is 9.00 Å². The van der Waals surface area contributed by atoms with Crippen LogP contribution >= 0.6 is 0 Å². The number of amides is 1. The second-order valence-corrected chi connectivity index (χ2v) is 6.06. The van der Waals surface area contributed by atoms with Crippen molar-refractivity contribution in [2.24, 2.45) is 0 Å². The van der Waals surface area contributed by atoms with E-state index in [4.69, 9.17) is 4.74 Å². The molecule has 104 valence electrons. The molecule has 19 heavy (non-hydrogen) atoms. The monoisotopic (exact) mass is 281 g/mol. The molecule has 1 fully saturated rings. The van der Waals surface area contributed by atoms with Gasteiger partial charge in [-0.3, -0.25) is 9.52 Å². The Hall–Kier alpha value is -1.20. The third-order valence-corrected chi connectivity index (χ3v) is 4.06. The van der Waals surface area contributed by atoms with E-state index >= 15 is 0 Å². The molecule has 2 rings (SSSR count).